The zero-order valence-corrected chi connectivity index (χ0v) is 17.1. The van der Waals surface area contributed by atoms with Gasteiger partial charge in [0.05, 0.1) is 5.56 Å². The van der Waals surface area contributed by atoms with Crippen molar-refractivity contribution in [2.75, 3.05) is 75.2 Å². The van der Waals surface area contributed by atoms with Gasteiger partial charge in [-0.15, -0.1) is 0 Å². The van der Waals surface area contributed by atoms with E-state index < -0.39 is 0 Å². The summed E-state index contributed by atoms with van der Waals surface area (Å²) in [4.78, 5) is 14.3. The van der Waals surface area contributed by atoms with E-state index in [2.05, 4.69) is 61.0 Å². The van der Waals surface area contributed by atoms with Crippen LogP contribution in [0, 0.1) is 11.3 Å². The van der Waals surface area contributed by atoms with E-state index in [0.29, 0.717) is 5.56 Å². The minimum absolute atomic E-state index is 0.676. The molecule has 0 unspecified atom stereocenters. The Labute approximate surface area is 174 Å². The quantitative estimate of drug-likeness (QED) is 0.754. The maximum atomic E-state index is 9.29. The van der Waals surface area contributed by atoms with Gasteiger partial charge in [-0.1, -0.05) is 18.2 Å². The Morgan fingerprint density at radius 3 is 2.00 bits per heavy atom. The highest BCUT2D eigenvalue weighted by Crippen LogP contribution is 2.18. The number of nitrogens with zero attached hydrogens (tertiary/aromatic N) is 6. The van der Waals surface area contributed by atoms with Gasteiger partial charge >= 0.3 is 0 Å². The summed E-state index contributed by atoms with van der Waals surface area (Å²) in [6, 6.07) is 16.7. The summed E-state index contributed by atoms with van der Waals surface area (Å²) >= 11 is 0. The molecule has 2 saturated heterocycles. The van der Waals surface area contributed by atoms with Crippen LogP contribution in [-0.4, -0.2) is 80.2 Å². The Balaban J connectivity index is 1.15. The summed E-state index contributed by atoms with van der Waals surface area (Å²) in [6.45, 7) is 10.9. The van der Waals surface area contributed by atoms with E-state index in [1.165, 1.54) is 18.7 Å². The van der Waals surface area contributed by atoms with Gasteiger partial charge in [-0.05, 0) is 43.8 Å². The third-order valence-electron chi connectivity index (χ3n) is 6.02. The lowest BCUT2D eigenvalue weighted by Crippen LogP contribution is -2.49. The molecule has 3 heterocycles. The average molecular weight is 391 g/mol. The predicted molar refractivity (Wildman–Crippen MR) is 117 cm³/mol. The summed E-state index contributed by atoms with van der Waals surface area (Å²) in [5.74, 6) is 0.839. The van der Waals surface area contributed by atoms with Crippen LogP contribution in [0.15, 0.2) is 48.7 Å². The molecule has 6 heteroatoms. The largest absolute Gasteiger partial charge is 0.369 e. The lowest BCUT2D eigenvalue weighted by molar-refractivity contribution is 0.212. The Kier molecular flexibility index (Phi) is 6.60. The highest BCUT2D eigenvalue weighted by atomic mass is 15.3. The van der Waals surface area contributed by atoms with Crippen molar-refractivity contribution in [3.63, 3.8) is 0 Å². The first-order chi connectivity index (χ1) is 14.3. The van der Waals surface area contributed by atoms with Gasteiger partial charge in [0.25, 0.3) is 0 Å². The molecule has 0 amide bonds. The van der Waals surface area contributed by atoms with Crippen molar-refractivity contribution in [1.29, 1.82) is 5.26 Å². The van der Waals surface area contributed by atoms with Crippen molar-refractivity contribution in [3.05, 3.63) is 54.2 Å². The molecule has 0 bridgehead atoms. The molecule has 29 heavy (non-hydrogen) atoms. The molecule has 1 aromatic heterocycles. The van der Waals surface area contributed by atoms with Gasteiger partial charge in [0.1, 0.15) is 11.9 Å². The first-order valence-corrected chi connectivity index (χ1v) is 10.7. The summed E-state index contributed by atoms with van der Waals surface area (Å²) in [5, 5.41) is 9.29. The minimum atomic E-state index is 0.676. The maximum Gasteiger partial charge on any atom is 0.146 e. The summed E-state index contributed by atoms with van der Waals surface area (Å²) in [6.07, 6.45) is 3.00. The molecule has 0 atom stereocenters. The number of anilines is 2. The topological polar surface area (TPSA) is 49.6 Å². The van der Waals surface area contributed by atoms with Gasteiger partial charge in [-0.25, -0.2) is 4.98 Å². The van der Waals surface area contributed by atoms with Crippen LogP contribution in [0.2, 0.25) is 0 Å². The van der Waals surface area contributed by atoms with Gasteiger partial charge in [0.15, 0.2) is 0 Å². The lowest BCUT2D eigenvalue weighted by atomic mass is 10.2. The van der Waals surface area contributed by atoms with Crippen LogP contribution in [0.1, 0.15) is 12.0 Å². The zero-order valence-electron chi connectivity index (χ0n) is 17.1. The fraction of sp³-hybridized carbons (Fsp3) is 0.478. The Morgan fingerprint density at radius 1 is 0.759 bits per heavy atom. The number of rotatable bonds is 6. The van der Waals surface area contributed by atoms with Crippen molar-refractivity contribution in [2.45, 2.75) is 6.42 Å². The average Bonchev–Trinajstić information content (AvgIpc) is 2.80. The second-order valence-corrected chi connectivity index (χ2v) is 7.83. The Bertz CT molecular complexity index is 802. The van der Waals surface area contributed by atoms with E-state index in [4.69, 9.17) is 0 Å². The van der Waals surface area contributed by atoms with Gasteiger partial charge in [0.2, 0.25) is 0 Å². The lowest BCUT2D eigenvalue weighted by Gasteiger charge is -2.37. The normalized spacial score (nSPS) is 18.6. The first-order valence-electron chi connectivity index (χ1n) is 10.7. The van der Waals surface area contributed by atoms with E-state index in [0.717, 1.165) is 64.7 Å². The molecule has 1 aromatic carbocycles. The molecule has 0 spiro atoms. The van der Waals surface area contributed by atoms with Crippen molar-refractivity contribution < 1.29 is 0 Å². The standard InChI is InChI=1S/C23H30N6/c24-20-21-6-4-9-25-23(21)29-18-14-27(15-19-29)11-5-10-26-12-16-28(17-13-26)22-7-2-1-3-8-22/h1-4,6-9H,5,10-19H2. The van der Waals surface area contributed by atoms with E-state index in [1.807, 2.05) is 12.1 Å². The van der Waals surface area contributed by atoms with Gasteiger partial charge < -0.3 is 9.80 Å². The Morgan fingerprint density at radius 2 is 1.38 bits per heavy atom. The molecular formula is C23H30N6. The van der Waals surface area contributed by atoms with Gasteiger partial charge in [0, 0.05) is 64.2 Å². The van der Waals surface area contributed by atoms with Crippen LogP contribution in [0.25, 0.3) is 0 Å². The number of pyridine rings is 1. The third kappa shape index (κ3) is 5.06. The van der Waals surface area contributed by atoms with Crippen LogP contribution >= 0.6 is 0 Å². The van der Waals surface area contributed by atoms with Crippen LogP contribution < -0.4 is 9.80 Å². The number of hydrogen-bond acceptors (Lipinski definition) is 6. The van der Waals surface area contributed by atoms with Crippen LogP contribution in [0.4, 0.5) is 11.5 Å². The molecule has 152 valence electrons. The van der Waals surface area contributed by atoms with Crippen molar-refractivity contribution >= 4 is 11.5 Å². The molecule has 4 rings (SSSR count). The van der Waals surface area contributed by atoms with Crippen molar-refractivity contribution in [2.24, 2.45) is 0 Å². The van der Waals surface area contributed by atoms with E-state index in [9.17, 15) is 5.26 Å². The molecule has 0 N–H and O–H groups in total. The van der Waals surface area contributed by atoms with Gasteiger partial charge in [-0.2, -0.15) is 5.26 Å². The van der Waals surface area contributed by atoms with Gasteiger partial charge in [-0.3, -0.25) is 9.80 Å². The van der Waals surface area contributed by atoms with Crippen molar-refractivity contribution in [3.8, 4) is 6.07 Å². The molecule has 0 aliphatic carbocycles. The van der Waals surface area contributed by atoms with E-state index >= 15 is 0 Å². The molecule has 2 aliphatic heterocycles. The number of hydrogen-bond donors (Lipinski definition) is 0. The predicted octanol–water partition coefficient (Wildman–Crippen LogP) is 2.29. The second kappa shape index (κ2) is 9.73. The maximum absolute atomic E-state index is 9.29. The SMILES string of the molecule is N#Cc1cccnc1N1CCN(CCCN2CCN(c3ccccc3)CC2)CC1. The number of benzene rings is 1. The fourth-order valence-electron chi connectivity index (χ4n) is 4.31. The number of para-hydroxylation sites is 1. The number of nitriles is 1. The third-order valence-corrected chi connectivity index (χ3v) is 6.02. The summed E-state index contributed by atoms with van der Waals surface area (Å²) in [7, 11) is 0. The number of piperazine rings is 2. The van der Waals surface area contributed by atoms with Crippen LogP contribution in [0.3, 0.4) is 0 Å². The molecule has 2 aromatic rings. The summed E-state index contributed by atoms with van der Waals surface area (Å²) in [5.41, 5.74) is 2.02. The smallest absolute Gasteiger partial charge is 0.146 e. The highest BCUT2D eigenvalue weighted by Gasteiger charge is 2.21. The monoisotopic (exact) mass is 390 g/mol. The summed E-state index contributed by atoms with van der Waals surface area (Å²) < 4.78 is 0. The molecule has 0 radical (unpaired) electrons. The molecule has 2 aliphatic rings. The van der Waals surface area contributed by atoms with Crippen LogP contribution in [0.5, 0.6) is 0 Å². The van der Waals surface area contributed by atoms with Crippen molar-refractivity contribution in [1.82, 2.24) is 14.8 Å². The first kappa shape index (κ1) is 19.7. The van der Waals surface area contributed by atoms with E-state index in [1.54, 1.807) is 6.20 Å². The number of aromatic nitrogens is 1. The molecular weight excluding hydrogens is 360 g/mol. The highest BCUT2D eigenvalue weighted by molar-refractivity contribution is 5.53. The minimum Gasteiger partial charge on any atom is -0.369 e. The fourth-order valence-corrected chi connectivity index (χ4v) is 4.31. The molecule has 0 saturated carbocycles. The Hall–Kier alpha value is -2.62. The van der Waals surface area contributed by atoms with Crippen LogP contribution in [-0.2, 0) is 0 Å². The molecule has 2 fully saturated rings. The molecule has 6 nitrogen and oxygen atoms in total. The van der Waals surface area contributed by atoms with E-state index in [-0.39, 0.29) is 0 Å². The second-order valence-electron chi connectivity index (χ2n) is 7.83. The zero-order chi connectivity index (χ0) is 19.9.